The van der Waals surface area contributed by atoms with Crippen LogP contribution in [0.4, 0.5) is 8.78 Å². The molecule has 0 amide bonds. The predicted octanol–water partition coefficient (Wildman–Crippen LogP) is 8.81. The highest BCUT2D eigenvalue weighted by molar-refractivity contribution is 5.38. The van der Waals surface area contributed by atoms with Crippen LogP contribution in [0.1, 0.15) is 87.1 Å². The van der Waals surface area contributed by atoms with Gasteiger partial charge in [-0.25, -0.2) is 8.78 Å². The molecule has 0 saturated heterocycles. The van der Waals surface area contributed by atoms with E-state index < -0.39 is 12.3 Å². The van der Waals surface area contributed by atoms with Gasteiger partial charge in [-0.15, -0.1) is 19.3 Å². The lowest BCUT2D eigenvalue weighted by molar-refractivity contribution is 0.164. The Morgan fingerprint density at radius 1 is 0.667 bits per heavy atom. The Morgan fingerprint density at radius 3 is 1.73 bits per heavy atom. The summed E-state index contributed by atoms with van der Waals surface area (Å²) in [4.78, 5) is 4.19. The maximum atomic E-state index is 13.8. The molecule has 3 aromatic rings. The highest BCUT2D eigenvalue weighted by Gasteiger charge is 2.35. The van der Waals surface area contributed by atoms with E-state index in [2.05, 4.69) is 66.2 Å². The summed E-state index contributed by atoms with van der Waals surface area (Å²) in [6, 6.07) is 24.6. The molecule has 1 N–H and O–H groups in total. The second kappa shape index (κ2) is 20.4. The van der Waals surface area contributed by atoms with Crippen LogP contribution in [-0.4, -0.2) is 55.9 Å². The van der Waals surface area contributed by atoms with Crippen LogP contribution >= 0.6 is 0 Å². The van der Waals surface area contributed by atoms with Gasteiger partial charge in [0.2, 0.25) is 0 Å². The average Bonchev–Trinajstić information content (AvgIpc) is 3.55. The predicted molar refractivity (Wildman–Crippen MR) is 202 cm³/mol. The zero-order valence-electron chi connectivity index (χ0n) is 26.7. The van der Waals surface area contributed by atoms with Crippen molar-refractivity contribution in [2.24, 2.45) is 5.92 Å². The topological polar surface area (TPSA) is 18.5 Å². The van der Waals surface area contributed by atoms with Gasteiger partial charge < -0.3 is 0 Å². The number of terminal acetylenes is 3. The molecule has 6 rings (SSSR count). The average molecular weight is 654 g/mol. The molecule has 0 spiro atoms. The van der Waals surface area contributed by atoms with Gasteiger partial charge in [0.05, 0.1) is 31.7 Å². The van der Waals surface area contributed by atoms with Crippen molar-refractivity contribution >= 4 is 0 Å². The molecule has 0 fully saturated rings. The zero-order valence-corrected chi connectivity index (χ0v) is 26.7. The molecule has 3 aliphatic carbocycles. The van der Waals surface area contributed by atoms with E-state index in [0.29, 0.717) is 32.0 Å². The Morgan fingerprint density at radius 2 is 1.15 bits per heavy atom. The summed E-state index contributed by atoms with van der Waals surface area (Å²) in [5.41, 5.74) is 7.31. The fraction of sp³-hybridized carbons (Fsp3) is 0.442. The maximum absolute atomic E-state index is 13.8. The van der Waals surface area contributed by atoms with Crippen molar-refractivity contribution in [1.29, 1.82) is 0 Å². The minimum Gasteiger partial charge on any atom is -0.297 e. The first-order valence-electron chi connectivity index (χ1n) is 15.7. The van der Waals surface area contributed by atoms with E-state index in [9.17, 15) is 8.78 Å². The molecule has 0 saturated carbocycles. The maximum Gasteiger partial charge on any atom is 0.124 e. The van der Waals surface area contributed by atoms with Gasteiger partial charge >= 0.3 is 0 Å². The minimum atomic E-state index is -0.847. The van der Waals surface area contributed by atoms with E-state index in [1.807, 2.05) is 60.5 Å². The summed E-state index contributed by atoms with van der Waals surface area (Å²) in [7, 11) is 4.00. The van der Waals surface area contributed by atoms with Crippen molar-refractivity contribution in [2.75, 3.05) is 33.7 Å². The van der Waals surface area contributed by atoms with Crippen LogP contribution in [0.3, 0.4) is 0 Å². The van der Waals surface area contributed by atoms with E-state index in [0.717, 1.165) is 34.7 Å². The smallest absolute Gasteiger partial charge is 0.124 e. The van der Waals surface area contributed by atoms with Crippen molar-refractivity contribution in [3.05, 3.63) is 106 Å². The lowest BCUT2D eigenvalue weighted by Gasteiger charge is -2.35. The first-order chi connectivity index (χ1) is 21.8. The van der Waals surface area contributed by atoms with Crippen molar-refractivity contribution in [3.8, 4) is 37.0 Å². The fourth-order valence-electron chi connectivity index (χ4n) is 6.92. The zero-order chi connectivity index (χ0) is 32.3. The normalized spacial score (nSPS) is 22.5. The summed E-state index contributed by atoms with van der Waals surface area (Å²) in [6.07, 6.45) is 17.5. The summed E-state index contributed by atoms with van der Waals surface area (Å²) in [6.45, 7) is 3.96. The number of nitrogens with one attached hydrogen (secondary N) is 1. The number of fused-ring (bicyclic) bond motifs is 3. The van der Waals surface area contributed by atoms with Crippen LogP contribution in [0.2, 0.25) is 0 Å². The molecule has 3 aromatic carbocycles. The van der Waals surface area contributed by atoms with E-state index in [1.165, 1.54) is 24.0 Å². The van der Waals surface area contributed by atoms with Crippen molar-refractivity contribution in [3.63, 3.8) is 0 Å². The van der Waals surface area contributed by atoms with Crippen LogP contribution < -0.4 is 5.32 Å². The summed E-state index contributed by atoms with van der Waals surface area (Å²) in [5, 5.41) is 3.03. The second-order valence-electron chi connectivity index (χ2n) is 12.3. The first-order valence-corrected chi connectivity index (χ1v) is 15.7. The van der Waals surface area contributed by atoms with Crippen LogP contribution in [0.15, 0.2) is 72.8 Å². The SMILES string of the molecule is C.C.C.C#CCN(C)C1CC(C)Cc2ccccc21.C#CCN(C)C1c2ccccc2CC1F.C#CCN[C@H]1c2ccccc2C[C@@H]1F. The number of halogens is 2. The van der Waals surface area contributed by atoms with Gasteiger partial charge in [-0.3, -0.25) is 15.1 Å². The second-order valence-corrected chi connectivity index (χ2v) is 12.3. The van der Waals surface area contributed by atoms with Gasteiger partial charge in [0.25, 0.3) is 0 Å². The molecular weight excluding hydrogens is 596 g/mol. The molecule has 3 nitrogen and oxygen atoms in total. The third-order valence-corrected chi connectivity index (χ3v) is 9.02. The molecule has 0 bridgehead atoms. The number of hydrogen-bond donors (Lipinski definition) is 1. The molecule has 0 aliphatic heterocycles. The number of alkyl halides is 2. The standard InChI is InChI=1S/C15H19N.C13H14FN.C12H12FN.3CH4/c1-4-9-16(3)15-11-12(2)10-13-7-5-6-8-14(13)15;1-3-8-15(2)13-11-7-5-4-6-10(11)9-12(13)14;1-2-7-14-12-10-6-4-3-5-9(10)8-11(12)13;;;/h1,5-8,12,15H,9-11H2,2-3H3;1,4-7,12-13H,8-9H2,2H3;1,3-6,11-12,14H,7-8H2;3*1H4/t;;11-,12-;;;/m..0.../s1. The molecular formula is C43H57F2N3. The van der Waals surface area contributed by atoms with E-state index in [4.69, 9.17) is 19.3 Å². The van der Waals surface area contributed by atoms with Gasteiger partial charge in [0.1, 0.15) is 12.3 Å². The van der Waals surface area contributed by atoms with Gasteiger partial charge in [0, 0.05) is 18.9 Å². The molecule has 3 aliphatic rings. The highest BCUT2D eigenvalue weighted by atomic mass is 19.1. The summed E-state index contributed by atoms with van der Waals surface area (Å²) < 4.78 is 27.4. The van der Waals surface area contributed by atoms with Crippen LogP contribution in [-0.2, 0) is 19.3 Å². The molecule has 48 heavy (non-hydrogen) atoms. The number of nitrogens with zero attached hydrogens (tertiary/aromatic N) is 2. The molecule has 5 heteroatoms. The van der Waals surface area contributed by atoms with Crippen LogP contribution in [0, 0.1) is 42.9 Å². The number of hydrogen-bond acceptors (Lipinski definition) is 3. The van der Waals surface area contributed by atoms with Crippen molar-refractivity contribution in [1.82, 2.24) is 15.1 Å². The van der Waals surface area contributed by atoms with Crippen molar-refractivity contribution in [2.45, 2.75) is 85.4 Å². The molecule has 0 aromatic heterocycles. The van der Waals surface area contributed by atoms with Crippen molar-refractivity contribution < 1.29 is 8.78 Å². The molecule has 0 heterocycles. The number of rotatable bonds is 6. The Labute approximate surface area is 291 Å². The third kappa shape index (κ3) is 10.3. The van der Waals surface area contributed by atoms with Gasteiger partial charge in [0.15, 0.2) is 0 Å². The molecule has 0 radical (unpaired) electrons. The van der Waals surface area contributed by atoms with Crippen LogP contribution in [0.25, 0.3) is 0 Å². The Kier molecular flexibility index (Phi) is 17.9. The van der Waals surface area contributed by atoms with Gasteiger partial charge in [-0.05, 0) is 66.2 Å². The van der Waals surface area contributed by atoms with E-state index in [1.54, 1.807) is 0 Å². The fourth-order valence-corrected chi connectivity index (χ4v) is 6.92. The van der Waals surface area contributed by atoms with Gasteiger partial charge in [-0.2, -0.15) is 0 Å². The summed E-state index contributed by atoms with van der Waals surface area (Å²) >= 11 is 0. The number of benzene rings is 3. The largest absolute Gasteiger partial charge is 0.297 e. The molecule has 6 atom stereocenters. The minimum absolute atomic E-state index is 0. The lowest BCUT2D eigenvalue weighted by atomic mass is 9.81. The monoisotopic (exact) mass is 653 g/mol. The van der Waals surface area contributed by atoms with Gasteiger partial charge in [-0.1, -0.05) is 120 Å². The van der Waals surface area contributed by atoms with Crippen LogP contribution in [0.5, 0.6) is 0 Å². The molecule has 258 valence electrons. The Bertz CT molecular complexity index is 1530. The van der Waals surface area contributed by atoms with E-state index in [-0.39, 0.29) is 34.4 Å². The third-order valence-electron chi connectivity index (χ3n) is 9.02. The Balaban J connectivity index is 0.000000350. The first kappa shape index (κ1) is 42.1. The Hall–Kier alpha value is -3.92. The van der Waals surface area contributed by atoms with E-state index >= 15 is 0 Å². The highest BCUT2D eigenvalue weighted by Crippen LogP contribution is 2.37. The summed E-state index contributed by atoms with van der Waals surface area (Å²) in [5.74, 6) is 8.51. The molecule has 4 unspecified atom stereocenters. The quantitative estimate of drug-likeness (QED) is 0.268. The lowest BCUT2D eigenvalue weighted by Crippen LogP contribution is -2.30.